The normalized spacial score (nSPS) is 19.1. The lowest BCUT2D eigenvalue weighted by Gasteiger charge is -2.20. The summed E-state index contributed by atoms with van der Waals surface area (Å²) in [5, 5.41) is 8.63. The van der Waals surface area contributed by atoms with Crippen LogP contribution in [0.4, 0.5) is 4.39 Å². The van der Waals surface area contributed by atoms with E-state index in [-0.39, 0.29) is 12.4 Å². The first-order valence-electron chi connectivity index (χ1n) is 6.87. The number of nitrogens with zero attached hydrogens (tertiary/aromatic N) is 2. The number of aliphatic hydroxyl groups excluding tert-OH is 1. The van der Waals surface area contributed by atoms with Gasteiger partial charge in [-0.25, -0.2) is 4.39 Å². The van der Waals surface area contributed by atoms with Crippen LogP contribution in [0.5, 0.6) is 0 Å². The maximum absolute atomic E-state index is 14.0. The molecule has 0 saturated carbocycles. The molecule has 1 fully saturated rings. The first-order chi connectivity index (χ1) is 9.60. The Bertz CT molecular complexity index is 519. The highest BCUT2D eigenvalue weighted by molar-refractivity contribution is 5.37. The molecule has 1 heterocycles. The highest BCUT2D eigenvalue weighted by Crippen LogP contribution is 2.18. The van der Waals surface area contributed by atoms with Crippen LogP contribution in [0.15, 0.2) is 18.2 Å². The summed E-state index contributed by atoms with van der Waals surface area (Å²) in [5.41, 5.74) is 1.31. The van der Waals surface area contributed by atoms with Crippen LogP contribution in [0.2, 0.25) is 0 Å². The smallest absolute Gasteiger partial charge is 0.128 e. The zero-order valence-corrected chi connectivity index (χ0v) is 12.1. The molecule has 108 valence electrons. The van der Waals surface area contributed by atoms with Crippen molar-refractivity contribution in [3.63, 3.8) is 0 Å². The lowest BCUT2D eigenvalue weighted by atomic mass is 10.1. The third-order valence-corrected chi connectivity index (χ3v) is 3.74. The first kappa shape index (κ1) is 15.0. The third kappa shape index (κ3) is 3.80. The van der Waals surface area contributed by atoms with Crippen molar-refractivity contribution in [1.29, 1.82) is 0 Å². The van der Waals surface area contributed by atoms with Gasteiger partial charge in [0.05, 0.1) is 0 Å². The molecule has 1 aliphatic heterocycles. The van der Waals surface area contributed by atoms with Gasteiger partial charge in [0.2, 0.25) is 0 Å². The minimum atomic E-state index is -0.219. The quantitative estimate of drug-likeness (QED) is 0.843. The van der Waals surface area contributed by atoms with Crippen LogP contribution in [0.25, 0.3) is 0 Å². The number of halogens is 1. The maximum atomic E-state index is 14.0. The molecule has 1 saturated heterocycles. The van der Waals surface area contributed by atoms with Crippen LogP contribution in [0.1, 0.15) is 17.5 Å². The van der Waals surface area contributed by atoms with Gasteiger partial charge < -0.3 is 10.0 Å². The Balaban J connectivity index is 2.00. The fourth-order valence-corrected chi connectivity index (χ4v) is 2.51. The minimum absolute atomic E-state index is 0.205. The number of rotatable bonds is 3. The van der Waals surface area contributed by atoms with Crippen molar-refractivity contribution in [2.45, 2.75) is 19.0 Å². The summed E-state index contributed by atoms with van der Waals surface area (Å²) in [4.78, 5) is 4.51. The summed E-state index contributed by atoms with van der Waals surface area (Å²) in [7, 11) is 4.17. The van der Waals surface area contributed by atoms with Crippen molar-refractivity contribution in [2.24, 2.45) is 0 Å². The van der Waals surface area contributed by atoms with E-state index in [2.05, 4.69) is 35.7 Å². The second kappa shape index (κ2) is 6.85. The van der Waals surface area contributed by atoms with Crippen molar-refractivity contribution in [1.82, 2.24) is 9.80 Å². The fourth-order valence-electron chi connectivity index (χ4n) is 2.51. The van der Waals surface area contributed by atoms with Crippen molar-refractivity contribution in [3.05, 3.63) is 35.1 Å². The fraction of sp³-hybridized carbons (Fsp3) is 0.500. The minimum Gasteiger partial charge on any atom is -0.384 e. The lowest BCUT2D eigenvalue weighted by molar-refractivity contribution is 0.263. The largest absolute Gasteiger partial charge is 0.384 e. The lowest BCUT2D eigenvalue weighted by Crippen LogP contribution is -2.31. The molecule has 0 aromatic heterocycles. The van der Waals surface area contributed by atoms with Crippen LogP contribution in [0.3, 0.4) is 0 Å². The average Bonchev–Trinajstić information content (AvgIpc) is 2.88. The highest BCUT2D eigenvalue weighted by atomic mass is 19.1. The summed E-state index contributed by atoms with van der Waals surface area (Å²) in [5.74, 6) is 5.02. The van der Waals surface area contributed by atoms with Crippen LogP contribution in [-0.4, -0.2) is 54.7 Å². The summed E-state index contributed by atoms with van der Waals surface area (Å²) < 4.78 is 14.0. The molecule has 1 aliphatic rings. The summed E-state index contributed by atoms with van der Waals surface area (Å²) >= 11 is 0. The number of likely N-dealkylation sites (N-methyl/N-ethyl adjacent to an activating group) is 1. The van der Waals surface area contributed by atoms with Crippen LogP contribution < -0.4 is 0 Å². The van der Waals surface area contributed by atoms with E-state index in [0.717, 1.165) is 19.5 Å². The molecular formula is C16H21FN2O. The second-order valence-electron chi connectivity index (χ2n) is 5.41. The maximum Gasteiger partial charge on any atom is 0.128 e. The van der Waals surface area contributed by atoms with Gasteiger partial charge in [-0.1, -0.05) is 17.9 Å². The standard InChI is InChI=1S/C16H21FN2O/c1-18(2)15-7-8-19(12-15)11-14-6-5-13(4-3-9-20)10-16(14)17/h5-6,10,15,20H,7-9,11-12H2,1-2H3. The zero-order chi connectivity index (χ0) is 14.5. The molecule has 0 amide bonds. The predicted octanol–water partition coefficient (Wildman–Crippen LogP) is 1.31. The Kier molecular flexibility index (Phi) is 5.13. The van der Waals surface area contributed by atoms with Crippen molar-refractivity contribution in [3.8, 4) is 11.8 Å². The third-order valence-electron chi connectivity index (χ3n) is 3.74. The molecule has 0 aliphatic carbocycles. The molecule has 0 radical (unpaired) electrons. The first-order valence-corrected chi connectivity index (χ1v) is 6.87. The van der Waals surface area contributed by atoms with Crippen LogP contribution in [-0.2, 0) is 6.54 Å². The van der Waals surface area contributed by atoms with E-state index in [1.165, 1.54) is 6.07 Å². The second-order valence-corrected chi connectivity index (χ2v) is 5.41. The molecule has 1 N–H and O–H groups in total. The van der Waals surface area contributed by atoms with E-state index in [9.17, 15) is 4.39 Å². The summed E-state index contributed by atoms with van der Waals surface area (Å²) in [6, 6.07) is 5.60. The van der Waals surface area contributed by atoms with Crippen LogP contribution in [0, 0.1) is 17.7 Å². The number of aliphatic hydroxyl groups is 1. The van der Waals surface area contributed by atoms with E-state index >= 15 is 0 Å². The molecule has 1 unspecified atom stereocenters. The van der Waals surface area contributed by atoms with Crippen molar-refractivity contribution >= 4 is 0 Å². The van der Waals surface area contributed by atoms with Gasteiger partial charge in [0, 0.05) is 36.8 Å². The van der Waals surface area contributed by atoms with Gasteiger partial charge in [-0.15, -0.1) is 0 Å². The monoisotopic (exact) mass is 276 g/mol. The molecule has 0 bridgehead atoms. The Morgan fingerprint density at radius 1 is 1.45 bits per heavy atom. The van der Waals surface area contributed by atoms with Gasteiger partial charge >= 0.3 is 0 Å². The number of benzene rings is 1. The van der Waals surface area contributed by atoms with Gasteiger partial charge in [-0.3, -0.25) is 4.90 Å². The van der Waals surface area contributed by atoms with Gasteiger partial charge in [-0.05, 0) is 32.6 Å². The molecule has 20 heavy (non-hydrogen) atoms. The Morgan fingerprint density at radius 2 is 2.25 bits per heavy atom. The van der Waals surface area contributed by atoms with Crippen LogP contribution >= 0.6 is 0 Å². The number of hydrogen-bond acceptors (Lipinski definition) is 3. The Hall–Kier alpha value is -1.41. The Labute approximate surface area is 120 Å². The predicted molar refractivity (Wildman–Crippen MR) is 77.7 cm³/mol. The zero-order valence-electron chi connectivity index (χ0n) is 12.1. The summed E-state index contributed by atoms with van der Waals surface area (Å²) in [6.07, 6.45) is 1.13. The molecular weight excluding hydrogens is 255 g/mol. The van der Waals surface area contributed by atoms with E-state index in [0.29, 0.717) is 23.7 Å². The molecule has 1 aromatic rings. The topological polar surface area (TPSA) is 26.7 Å². The van der Waals surface area contributed by atoms with E-state index in [1.54, 1.807) is 12.1 Å². The van der Waals surface area contributed by atoms with Gasteiger partial charge in [0.25, 0.3) is 0 Å². The van der Waals surface area contributed by atoms with E-state index in [1.807, 2.05) is 0 Å². The molecule has 1 aromatic carbocycles. The number of likely N-dealkylation sites (tertiary alicyclic amines) is 1. The van der Waals surface area contributed by atoms with Gasteiger partial charge in [-0.2, -0.15) is 0 Å². The SMILES string of the molecule is CN(C)C1CCN(Cc2ccc(C#CCO)cc2F)C1. The molecule has 1 atom stereocenters. The van der Waals surface area contributed by atoms with E-state index < -0.39 is 0 Å². The van der Waals surface area contributed by atoms with Crippen molar-refractivity contribution < 1.29 is 9.50 Å². The van der Waals surface area contributed by atoms with Crippen molar-refractivity contribution in [2.75, 3.05) is 33.8 Å². The molecule has 2 rings (SSSR count). The molecule has 4 heteroatoms. The van der Waals surface area contributed by atoms with E-state index in [4.69, 9.17) is 5.11 Å². The Morgan fingerprint density at radius 3 is 2.85 bits per heavy atom. The molecule has 3 nitrogen and oxygen atoms in total. The number of hydrogen-bond donors (Lipinski definition) is 1. The highest BCUT2D eigenvalue weighted by Gasteiger charge is 2.24. The average molecular weight is 276 g/mol. The molecule has 0 spiro atoms. The van der Waals surface area contributed by atoms with Gasteiger partial charge in [0.1, 0.15) is 12.4 Å². The summed E-state index contributed by atoms with van der Waals surface area (Å²) in [6.45, 7) is 2.43. The van der Waals surface area contributed by atoms with Gasteiger partial charge in [0.15, 0.2) is 0 Å².